The Bertz CT molecular complexity index is 701. The summed E-state index contributed by atoms with van der Waals surface area (Å²) in [4.78, 5) is 27.1. The number of aryl methyl sites for hydroxylation is 2. The zero-order chi connectivity index (χ0) is 19.2. The van der Waals surface area contributed by atoms with E-state index in [1.807, 2.05) is 11.0 Å². The van der Waals surface area contributed by atoms with Gasteiger partial charge in [0.1, 0.15) is 0 Å². The summed E-state index contributed by atoms with van der Waals surface area (Å²) in [6, 6.07) is 6.19. The first-order chi connectivity index (χ1) is 13.1. The van der Waals surface area contributed by atoms with Crippen LogP contribution in [0.5, 0.6) is 0 Å². The fourth-order valence-electron chi connectivity index (χ4n) is 4.20. The Morgan fingerprint density at radius 1 is 1.19 bits per heavy atom. The maximum atomic E-state index is 12.8. The Labute approximate surface area is 163 Å². The van der Waals surface area contributed by atoms with Crippen molar-refractivity contribution in [2.75, 3.05) is 18.4 Å². The van der Waals surface area contributed by atoms with Gasteiger partial charge in [-0.1, -0.05) is 43.7 Å². The number of carbonyl (C=O) groups is 2. The van der Waals surface area contributed by atoms with E-state index < -0.39 is 0 Å². The minimum atomic E-state index is -0.243. The summed E-state index contributed by atoms with van der Waals surface area (Å²) >= 11 is 0. The van der Waals surface area contributed by atoms with Crippen LogP contribution in [-0.2, 0) is 22.4 Å². The van der Waals surface area contributed by atoms with Gasteiger partial charge in [-0.05, 0) is 56.1 Å². The van der Waals surface area contributed by atoms with Crippen molar-refractivity contribution in [3.8, 4) is 0 Å². The van der Waals surface area contributed by atoms with E-state index in [-0.39, 0.29) is 17.7 Å². The minimum absolute atomic E-state index is 0.0154. The van der Waals surface area contributed by atoms with E-state index in [2.05, 4.69) is 37.4 Å². The second kappa shape index (κ2) is 9.20. The molecule has 2 amide bonds. The molecule has 1 aliphatic heterocycles. The molecule has 1 N–H and O–H groups in total. The fourth-order valence-corrected chi connectivity index (χ4v) is 4.20. The van der Waals surface area contributed by atoms with Crippen LogP contribution in [0, 0.1) is 5.92 Å². The molecule has 0 saturated carbocycles. The Kier molecular flexibility index (Phi) is 6.70. The molecular formula is C23H32N2O2. The van der Waals surface area contributed by atoms with Crippen LogP contribution in [0.2, 0.25) is 0 Å². The Hall–Kier alpha value is -2.10. The molecule has 1 unspecified atom stereocenters. The second-order valence-corrected chi connectivity index (χ2v) is 7.75. The highest BCUT2D eigenvalue weighted by Crippen LogP contribution is 2.27. The predicted molar refractivity (Wildman–Crippen MR) is 110 cm³/mol. The standard InChI is InChI=1S/C23H32N2O2/c1-3-18-11-8-12-19(4-2)22(18)24-23(27)20-15-21(26)25(16-20)14-13-17-9-6-5-7-10-17/h8-9,11-12,20H,3-7,10,13-16H2,1-2H3,(H,24,27). The maximum absolute atomic E-state index is 12.8. The normalized spacial score (nSPS) is 19.9. The lowest BCUT2D eigenvalue weighted by molar-refractivity contribution is -0.128. The average Bonchev–Trinajstić information content (AvgIpc) is 3.08. The van der Waals surface area contributed by atoms with Gasteiger partial charge in [0.05, 0.1) is 5.92 Å². The largest absolute Gasteiger partial charge is 0.342 e. The molecule has 3 rings (SSSR count). The van der Waals surface area contributed by atoms with E-state index in [9.17, 15) is 9.59 Å². The van der Waals surface area contributed by atoms with Gasteiger partial charge < -0.3 is 10.2 Å². The highest BCUT2D eigenvalue weighted by molar-refractivity contribution is 5.98. The topological polar surface area (TPSA) is 49.4 Å². The van der Waals surface area contributed by atoms with E-state index in [0.717, 1.165) is 42.6 Å². The number of rotatable bonds is 7. The SMILES string of the molecule is CCc1cccc(CC)c1NC(=O)C1CC(=O)N(CCC2=CCCCC2)C1. The molecular weight excluding hydrogens is 336 g/mol. The summed E-state index contributed by atoms with van der Waals surface area (Å²) in [6.45, 7) is 5.50. The van der Waals surface area contributed by atoms with Gasteiger partial charge in [0.2, 0.25) is 11.8 Å². The van der Waals surface area contributed by atoms with Crippen LogP contribution < -0.4 is 5.32 Å². The van der Waals surface area contributed by atoms with Crippen molar-refractivity contribution >= 4 is 17.5 Å². The van der Waals surface area contributed by atoms with Crippen LogP contribution in [0.1, 0.15) is 63.5 Å². The van der Waals surface area contributed by atoms with Crippen molar-refractivity contribution in [2.24, 2.45) is 5.92 Å². The van der Waals surface area contributed by atoms with Crippen molar-refractivity contribution < 1.29 is 9.59 Å². The van der Waals surface area contributed by atoms with Crippen molar-refractivity contribution in [1.29, 1.82) is 0 Å². The van der Waals surface area contributed by atoms with Gasteiger partial charge in [-0.2, -0.15) is 0 Å². The molecule has 1 heterocycles. The third-order valence-electron chi connectivity index (χ3n) is 5.92. The van der Waals surface area contributed by atoms with Gasteiger partial charge >= 0.3 is 0 Å². The number of amides is 2. The molecule has 1 atom stereocenters. The third-order valence-corrected chi connectivity index (χ3v) is 5.92. The zero-order valence-corrected chi connectivity index (χ0v) is 16.7. The molecule has 1 fully saturated rings. The number of anilines is 1. The van der Waals surface area contributed by atoms with Gasteiger partial charge in [-0.3, -0.25) is 9.59 Å². The minimum Gasteiger partial charge on any atom is -0.342 e. The number of likely N-dealkylation sites (tertiary alicyclic amines) is 1. The van der Waals surface area contributed by atoms with Crippen LogP contribution in [0.4, 0.5) is 5.69 Å². The molecule has 1 aromatic carbocycles. The molecule has 2 aliphatic rings. The Morgan fingerprint density at radius 3 is 2.56 bits per heavy atom. The molecule has 1 aromatic rings. The lowest BCUT2D eigenvalue weighted by atomic mass is 9.97. The molecule has 1 aliphatic carbocycles. The molecule has 4 heteroatoms. The van der Waals surface area contributed by atoms with E-state index in [0.29, 0.717) is 13.0 Å². The van der Waals surface area contributed by atoms with E-state index >= 15 is 0 Å². The number of nitrogens with one attached hydrogen (secondary N) is 1. The number of hydrogen-bond donors (Lipinski definition) is 1. The van der Waals surface area contributed by atoms with Crippen molar-refractivity contribution in [3.63, 3.8) is 0 Å². The summed E-state index contributed by atoms with van der Waals surface area (Å²) in [7, 11) is 0. The summed E-state index contributed by atoms with van der Waals surface area (Å²) in [6.07, 6.45) is 10.3. The average molecular weight is 369 g/mol. The van der Waals surface area contributed by atoms with Gasteiger partial charge in [0, 0.05) is 25.2 Å². The van der Waals surface area contributed by atoms with Gasteiger partial charge in [-0.25, -0.2) is 0 Å². The highest BCUT2D eigenvalue weighted by Gasteiger charge is 2.34. The number of allylic oxidation sites excluding steroid dienone is 1. The van der Waals surface area contributed by atoms with Gasteiger partial charge in [0.15, 0.2) is 0 Å². The first-order valence-corrected chi connectivity index (χ1v) is 10.5. The molecule has 0 bridgehead atoms. The predicted octanol–water partition coefficient (Wildman–Crippen LogP) is 4.49. The number of carbonyl (C=O) groups excluding carboxylic acids is 2. The molecule has 4 nitrogen and oxygen atoms in total. The summed E-state index contributed by atoms with van der Waals surface area (Å²) in [5.41, 5.74) is 4.75. The number of nitrogens with zero attached hydrogens (tertiary/aromatic N) is 1. The van der Waals surface area contributed by atoms with Crippen molar-refractivity contribution in [2.45, 2.75) is 65.2 Å². The summed E-state index contributed by atoms with van der Waals surface area (Å²) < 4.78 is 0. The molecule has 146 valence electrons. The molecule has 0 spiro atoms. The van der Waals surface area contributed by atoms with E-state index in [1.54, 1.807) is 0 Å². The van der Waals surface area contributed by atoms with Crippen LogP contribution in [0.25, 0.3) is 0 Å². The Balaban J connectivity index is 1.60. The lowest BCUT2D eigenvalue weighted by Crippen LogP contribution is -2.29. The quantitative estimate of drug-likeness (QED) is 0.721. The second-order valence-electron chi connectivity index (χ2n) is 7.75. The zero-order valence-electron chi connectivity index (χ0n) is 16.7. The summed E-state index contributed by atoms with van der Waals surface area (Å²) in [5, 5.41) is 3.14. The lowest BCUT2D eigenvalue weighted by Gasteiger charge is -2.20. The number of hydrogen-bond acceptors (Lipinski definition) is 2. The molecule has 27 heavy (non-hydrogen) atoms. The van der Waals surface area contributed by atoms with Crippen LogP contribution in [0.3, 0.4) is 0 Å². The van der Waals surface area contributed by atoms with Crippen molar-refractivity contribution in [1.82, 2.24) is 4.90 Å². The van der Waals surface area contributed by atoms with E-state index in [1.165, 1.54) is 31.3 Å². The van der Waals surface area contributed by atoms with Crippen molar-refractivity contribution in [3.05, 3.63) is 41.0 Å². The maximum Gasteiger partial charge on any atom is 0.229 e. The first-order valence-electron chi connectivity index (χ1n) is 10.5. The molecule has 1 saturated heterocycles. The molecule has 0 radical (unpaired) electrons. The molecule has 0 aromatic heterocycles. The monoisotopic (exact) mass is 368 g/mol. The number of benzene rings is 1. The van der Waals surface area contributed by atoms with Gasteiger partial charge in [0.25, 0.3) is 0 Å². The third kappa shape index (κ3) is 4.79. The van der Waals surface area contributed by atoms with Crippen LogP contribution >= 0.6 is 0 Å². The van der Waals surface area contributed by atoms with E-state index in [4.69, 9.17) is 0 Å². The summed E-state index contributed by atoms with van der Waals surface area (Å²) in [5.74, 6) is -0.142. The fraction of sp³-hybridized carbons (Fsp3) is 0.565. The van der Waals surface area contributed by atoms with Gasteiger partial charge in [-0.15, -0.1) is 0 Å². The first kappa shape index (κ1) is 19.7. The number of para-hydroxylation sites is 1. The van der Waals surface area contributed by atoms with Crippen LogP contribution in [0.15, 0.2) is 29.8 Å². The van der Waals surface area contributed by atoms with Crippen LogP contribution in [-0.4, -0.2) is 29.8 Å². The Morgan fingerprint density at radius 2 is 1.93 bits per heavy atom. The smallest absolute Gasteiger partial charge is 0.229 e. The highest BCUT2D eigenvalue weighted by atomic mass is 16.2.